The lowest BCUT2D eigenvalue weighted by molar-refractivity contribution is -0.120. The van der Waals surface area contributed by atoms with Crippen LogP contribution in [0.25, 0.3) is 0 Å². The molecule has 0 aromatic heterocycles. The molecule has 0 heterocycles. The number of hydrogen-bond acceptors (Lipinski definition) is 3. The zero-order valence-corrected chi connectivity index (χ0v) is 18.5. The van der Waals surface area contributed by atoms with Gasteiger partial charge in [0.25, 0.3) is 0 Å². The minimum Gasteiger partial charge on any atom is -0.390 e. The lowest BCUT2D eigenvalue weighted by atomic mass is 9.83. The van der Waals surface area contributed by atoms with Gasteiger partial charge in [-0.3, -0.25) is 4.79 Å². The van der Waals surface area contributed by atoms with Crippen LogP contribution >= 0.6 is 0 Å². The van der Waals surface area contributed by atoms with Crippen LogP contribution in [0.4, 0.5) is 8.78 Å². The van der Waals surface area contributed by atoms with E-state index < -0.39 is 23.8 Å². The van der Waals surface area contributed by atoms with Crippen LogP contribution in [0, 0.1) is 18.6 Å². The van der Waals surface area contributed by atoms with Gasteiger partial charge in [-0.05, 0) is 73.4 Å². The summed E-state index contributed by atoms with van der Waals surface area (Å²) in [5.41, 5.74) is 5.69. The Morgan fingerprint density at radius 1 is 1.19 bits per heavy atom. The van der Waals surface area contributed by atoms with E-state index in [1.165, 1.54) is 41.3 Å². The standard InChI is InChI=1S/C25H32F2N2O2/c1-4-18-8-15(2)9-22-21(18)6-5-7-23(22)28-14-25(31)24(29-16(3)30)12-17-10-19(26)13-20(27)11-17/h8-11,13,23-25,28,31H,4-7,12,14H2,1-3H3,(H,29,30). The maximum Gasteiger partial charge on any atom is 0.217 e. The fourth-order valence-electron chi connectivity index (χ4n) is 4.64. The van der Waals surface area contributed by atoms with Gasteiger partial charge in [0, 0.05) is 25.6 Å². The van der Waals surface area contributed by atoms with Gasteiger partial charge in [-0.25, -0.2) is 8.78 Å². The number of rotatable bonds is 8. The van der Waals surface area contributed by atoms with Crippen LogP contribution in [0.15, 0.2) is 30.3 Å². The molecule has 1 aliphatic carbocycles. The number of fused-ring (bicyclic) bond motifs is 1. The van der Waals surface area contributed by atoms with Crippen LogP contribution in [0.5, 0.6) is 0 Å². The molecule has 3 atom stereocenters. The smallest absolute Gasteiger partial charge is 0.217 e. The molecule has 1 amide bonds. The van der Waals surface area contributed by atoms with Crippen LogP contribution in [-0.2, 0) is 24.1 Å². The largest absolute Gasteiger partial charge is 0.390 e. The summed E-state index contributed by atoms with van der Waals surface area (Å²) in [6, 6.07) is 7.21. The Morgan fingerprint density at radius 2 is 1.90 bits per heavy atom. The molecular weight excluding hydrogens is 398 g/mol. The summed E-state index contributed by atoms with van der Waals surface area (Å²) < 4.78 is 27.1. The molecule has 4 nitrogen and oxygen atoms in total. The molecule has 0 fully saturated rings. The molecule has 3 N–H and O–H groups in total. The summed E-state index contributed by atoms with van der Waals surface area (Å²) in [6.45, 7) is 5.90. The van der Waals surface area contributed by atoms with Gasteiger partial charge in [0.05, 0.1) is 12.1 Å². The number of halogens is 2. The second kappa shape index (κ2) is 10.3. The number of hydrogen-bond donors (Lipinski definition) is 3. The molecule has 6 heteroatoms. The van der Waals surface area contributed by atoms with Crippen molar-refractivity contribution in [2.45, 2.75) is 71.1 Å². The van der Waals surface area contributed by atoms with E-state index in [0.29, 0.717) is 5.56 Å². The second-order valence-corrected chi connectivity index (χ2v) is 8.55. The average Bonchev–Trinajstić information content (AvgIpc) is 2.69. The summed E-state index contributed by atoms with van der Waals surface area (Å²) in [6.07, 6.45) is 3.35. The van der Waals surface area contributed by atoms with Crippen molar-refractivity contribution in [3.63, 3.8) is 0 Å². The van der Waals surface area contributed by atoms with Gasteiger partial charge in [-0.2, -0.15) is 0 Å². The highest BCUT2D eigenvalue weighted by Gasteiger charge is 2.26. The first kappa shape index (κ1) is 23.4. The fourth-order valence-corrected chi connectivity index (χ4v) is 4.64. The molecule has 0 saturated carbocycles. The molecule has 0 aliphatic heterocycles. The maximum atomic E-state index is 13.6. The second-order valence-electron chi connectivity index (χ2n) is 8.55. The predicted molar refractivity (Wildman–Crippen MR) is 118 cm³/mol. The number of amides is 1. The third-order valence-electron chi connectivity index (χ3n) is 6.00. The van der Waals surface area contributed by atoms with Crippen LogP contribution in [0.1, 0.15) is 60.5 Å². The fraction of sp³-hybridized carbons (Fsp3) is 0.480. The third kappa shape index (κ3) is 6.11. The zero-order chi connectivity index (χ0) is 22.5. The first-order chi connectivity index (χ1) is 14.8. The van der Waals surface area contributed by atoms with Gasteiger partial charge in [0.2, 0.25) is 5.91 Å². The number of carbonyl (C=O) groups is 1. The molecule has 31 heavy (non-hydrogen) atoms. The first-order valence-electron chi connectivity index (χ1n) is 11.0. The van der Waals surface area contributed by atoms with E-state index in [4.69, 9.17) is 0 Å². The lowest BCUT2D eigenvalue weighted by Gasteiger charge is -2.31. The predicted octanol–water partition coefficient (Wildman–Crippen LogP) is 3.91. The van der Waals surface area contributed by atoms with Gasteiger partial charge in [0.1, 0.15) is 11.6 Å². The van der Waals surface area contributed by atoms with Gasteiger partial charge in [-0.1, -0.05) is 24.6 Å². The van der Waals surface area contributed by atoms with Crippen LogP contribution < -0.4 is 10.6 Å². The number of benzene rings is 2. The van der Waals surface area contributed by atoms with E-state index in [1.807, 2.05) is 0 Å². The van der Waals surface area contributed by atoms with Crippen molar-refractivity contribution in [2.24, 2.45) is 0 Å². The van der Waals surface area contributed by atoms with E-state index in [0.717, 1.165) is 31.7 Å². The average molecular weight is 431 g/mol. The van der Waals surface area contributed by atoms with Crippen molar-refractivity contribution >= 4 is 5.91 Å². The van der Waals surface area contributed by atoms with Gasteiger partial charge < -0.3 is 15.7 Å². The number of nitrogens with one attached hydrogen (secondary N) is 2. The third-order valence-corrected chi connectivity index (χ3v) is 6.00. The van der Waals surface area contributed by atoms with Crippen molar-refractivity contribution in [1.29, 1.82) is 0 Å². The van der Waals surface area contributed by atoms with Crippen molar-refractivity contribution < 1.29 is 18.7 Å². The quantitative estimate of drug-likeness (QED) is 0.595. The summed E-state index contributed by atoms with van der Waals surface area (Å²) in [5, 5.41) is 17.0. The number of carbonyl (C=O) groups excluding carboxylic acids is 1. The van der Waals surface area contributed by atoms with Crippen molar-refractivity contribution in [1.82, 2.24) is 10.6 Å². The maximum absolute atomic E-state index is 13.6. The molecular formula is C25H32F2N2O2. The summed E-state index contributed by atoms with van der Waals surface area (Å²) >= 11 is 0. The molecule has 0 spiro atoms. The molecule has 0 saturated heterocycles. The summed E-state index contributed by atoms with van der Waals surface area (Å²) in [7, 11) is 0. The van der Waals surface area contributed by atoms with E-state index in [9.17, 15) is 18.7 Å². The minimum atomic E-state index is -0.906. The number of aliphatic hydroxyl groups is 1. The molecule has 168 valence electrons. The monoisotopic (exact) mass is 430 g/mol. The zero-order valence-electron chi connectivity index (χ0n) is 18.5. The highest BCUT2D eigenvalue weighted by atomic mass is 19.1. The highest BCUT2D eigenvalue weighted by molar-refractivity contribution is 5.73. The topological polar surface area (TPSA) is 61.4 Å². The van der Waals surface area contributed by atoms with Crippen LogP contribution in [-0.4, -0.2) is 29.7 Å². The number of aryl methyl sites for hydroxylation is 2. The SMILES string of the molecule is CCc1cc(C)cc2c1CCCC2NCC(O)C(Cc1cc(F)cc(F)c1)NC(C)=O. The molecule has 2 aromatic carbocycles. The minimum absolute atomic E-state index is 0.133. The van der Waals surface area contributed by atoms with Crippen LogP contribution in [0.2, 0.25) is 0 Å². The van der Waals surface area contributed by atoms with Crippen molar-refractivity contribution in [2.75, 3.05) is 6.54 Å². The van der Waals surface area contributed by atoms with Gasteiger partial charge >= 0.3 is 0 Å². The number of aliphatic hydroxyl groups excluding tert-OH is 1. The van der Waals surface area contributed by atoms with Gasteiger partial charge in [0.15, 0.2) is 0 Å². The van der Waals surface area contributed by atoms with E-state index in [2.05, 4.69) is 36.6 Å². The van der Waals surface area contributed by atoms with E-state index >= 15 is 0 Å². The summed E-state index contributed by atoms with van der Waals surface area (Å²) in [5.74, 6) is -1.65. The first-order valence-corrected chi connectivity index (χ1v) is 11.0. The Morgan fingerprint density at radius 3 is 2.55 bits per heavy atom. The lowest BCUT2D eigenvalue weighted by Crippen LogP contribution is -2.48. The Labute approximate surface area is 183 Å². The van der Waals surface area contributed by atoms with Gasteiger partial charge in [-0.15, -0.1) is 0 Å². The molecule has 3 unspecified atom stereocenters. The normalized spacial score (nSPS) is 17.7. The van der Waals surface area contributed by atoms with Crippen LogP contribution in [0.3, 0.4) is 0 Å². The molecule has 0 bridgehead atoms. The highest BCUT2D eigenvalue weighted by Crippen LogP contribution is 2.33. The van der Waals surface area contributed by atoms with Crippen molar-refractivity contribution in [3.05, 3.63) is 69.8 Å². The molecule has 2 aromatic rings. The summed E-state index contributed by atoms with van der Waals surface area (Å²) in [4.78, 5) is 11.7. The Kier molecular flexibility index (Phi) is 7.79. The molecule has 3 rings (SSSR count). The Hall–Kier alpha value is -2.31. The molecule has 1 aliphatic rings. The molecule has 0 radical (unpaired) electrons. The van der Waals surface area contributed by atoms with E-state index in [-0.39, 0.29) is 24.9 Å². The van der Waals surface area contributed by atoms with Crippen molar-refractivity contribution in [3.8, 4) is 0 Å². The van der Waals surface area contributed by atoms with E-state index in [1.54, 1.807) is 0 Å². The Bertz CT molecular complexity index is 912. The Balaban J connectivity index is 1.72.